The summed E-state index contributed by atoms with van der Waals surface area (Å²) in [6, 6.07) is 1.77. The molecular formula is C8H8N2O3. The Morgan fingerprint density at radius 1 is 1.85 bits per heavy atom. The van der Waals surface area contributed by atoms with Crippen LogP contribution in [0.25, 0.3) is 0 Å². The predicted octanol–water partition coefficient (Wildman–Crippen LogP) is 1.05. The summed E-state index contributed by atoms with van der Waals surface area (Å²) in [4.78, 5) is 14.9. The van der Waals surface area contributed by atoms with E-state index < -0.39 is 12.1 Å². The largest absolute Gasteiger partial charge is 0.448 e. The van der Waals surface area contributed by atoms with Crippen LogP contribution < -0.4 is 0 Å². The van der Waals surface area contributed by atoms with E-state index in [4.69, 9.17) is 9.68 Å². The minimum atomic E-state index is -0.774. The molecule has 1 atom stereocenters. The third kappa shape index (κ3) is 2.30. The van der Waals surface area contributed by atoms with Crippen molar-refractivity contribution in [3.8, 4) is 6.07 Å². The van der Waals surface area contributed by atoms with Gasteiger partial charge in [-0.1, -0.05) is 0 Å². The fourth-order valence-electron chi connectivity index (χ4n) is 0.704. The Balaban J connectivity index is 2.65. The van der Waals surface area contributed by atoms with Gasteiger partial charge in [0, 0.05) is 6.92 Å². The third-order valence-corrected chi connectivity index (χ3v) is 1.29. The Morgan fingerprint density at radius 3 is 3.00 bits per heavy atom. The van der Waals surface area contributed by atoms with Gasteiger partial charge in [-0.3, -0.25) is 0 Å². The van der Waals surface area contributed by atoms with E-state index in [-0.39, 0.29) is 5.69 Å². The zero-order valence-corrected chi connectivity index (χ0v) is 7.27. The number of carbonyl (C=O) groups excluding carboxylic acids is 1. The molecule has 1 unspecified atom stereocenters. The Labute approximate surface area is 74.9 Å². The van der Waals surface area contributed by atoms with E-state index in [0.717, 1.165) is 0 Å². The number of nitriles is 1. The molecule has 0 amide bonds. The van der Waals surface area contributed by atoms with E-state index in [1.54, 1.807) is 13.0 Å². The summed E-state index contributed by atoms with van der Waals surface area (Å²) in [5.74, 6) is -0.262. The number of nitrogens with zero attached hydrogens (tertiary/aromatic N) is 2. The second-order valence-electron chi connectivity index (χ2n) is 2.43. The minimum absolute atomic E-state index is 0.0830. The van der Waals surface area contributed by atoms with Gasteiger partial charge in [0.15, 0.2) is 17.7 Å². The number of aryl methyl sites for hydroxylation is 1. The molecule has 0 fully saturated rings. The molecule has 1 aromatic heterocycles. The Bertz CT molecular complexity index is 351. The topological polar surface area (TPSA) is 76.1 Å². The van der Waals surface area contributed by atoms with Crippen LogP contribution in [-0.2, 0) is 4.74 Å². The van der Waals surface area contributed by atoms with E-state index >= 15 is 0 Å². The van der Waals surface area contributed by atoms with Gasteiger partial charge in [-0.15, -0.1) is 0 Å². The van der Waals surface area contributed by atoms with Crippen LogP contribution in [0.1, 0.15) is 23.3 Å². The molecule has 0 aliphatic rings. The first-order valence-electron chi connectivity index (χ1n) is 3.66. The number of esters is 1. The van der Waals surface area contributed by atoms with Gasteiger partial charge in [0.05, 0.1) is 0 Å². The van der Waals surface area contributed by atoms with Crippen molar-refractivity contribution >= 4 is 5.97 Å². The predicted molar refractivity (Wildman–Crippen MR) is 41.7 cm³/mol. The number of aromatic nitrogens is 1. The zero-order valence-electron chi connectivity index (χ0n) is 7.27. The van der Waals surface area contributed by atoms with Crippen LogP contribution in [0.3, 0.4) is 0 Å². The second-order valence-corrected chi connectivity index (χ2v) is 2.43. The lowest BCUT2D eigenvalue weighted by Gasteiger charge is -2.01. The van der Waals surface area contributed by atoms with Crippen molar-refractivity contribution in [2.75, 3.05) is 0 Å². The highest BCUT2D eigenvalue weighted by Gasteiger charge is 2.14. The summed E-state index contributed by atoms with van der Waals surface area (Å²) in [5, 5.41) is 8.36. The number of oxazole rings is 1. The van der Waals surface area contributed by atoms with Gasteiger partial charge in [0.2, 0.25) is 0 Å². The molecule has 1 aromatic rings. The number of carbonyl (C=O) groups is 1. The monoisotopic (exact) mass is 180 g/mol. The minimum Gasteiger partial charge on any atom is -0.448 e. The van der Waals surface area contributed by atoms with Gasteiger partial charge in [-0.2, -0.15) is 5.26 Å². The van der Waals surface area contributed by atoms with Gasteiger partial charge < -0.3 is 9.15 Å². The molecule has 0 saturated carbocycles. The molecule has 0 bridgehead atoms. The Morgan fingerprint density at radius 2 is 2.54 bits per heavy atom. The number of rotatable bonds is 2. The molecular weight excluding hydrogens is 172 g/mol. The molecule has 1 rings (SSSR count). The first-order valence-corrected chi connectivity index (χ1v) is 3.66. The van der Waals surface area contributed by atoms with Crippen LogP contribution in [0.15, 0.2) is 10.7 Å². The molecule has 1 heterocycles. The van der Waals surface area contributed by atoms with E-state index in [2.05, 4.69) is 9.72 Å². The van der Waals surface area contributed by atoms with Crippen LogP contribution in [-0.4, -0.2) is 17.1 Å². The van der Waals surface area contributed by atoms with E-state index in [1.807, 2.05) is 0 Å². The molecule has 0 N–H and O–H groups in total. The highest BCUT2D eigenvalue weighted by molar-refractivity contribution is 5.87. The quantitative estimate of drug-likeness (QED) is 0.636. The molecule has 0 saturated heterocycles. The fourth-order valence-corrected chi connectivity index (χ4v) is 0.704. The van der Waals surface area contributed by atoms with Crippen LogP contribution in [0.2, 0.25) is 0 Å². The average molecular weight is 180 g/mol. The zero-order chi connectivity index (χ0) is 9.84. The van der Waals surface area contributed by atoms with E-state index in [0.29, 0.717) is 5.89 Å². The van der Waals surface area contributed by atoms with Crippen molar-refractivity contribution in [3.63, 3.8) is 0 Å². The smallest absolute Gasteiger partial charge is 0.361 e. The average Bonchev–Trinajstić information content (AvgIpc) is 2.51. The first kappa shape index (κ1) is 9.26. The summed E-state index contributed by atoms with van der Waals surface area (Å²) < 4.78 is 9.48. The molecule has 0 spiro atoms. The maximum atomic E-state index is 11.1. The number of ether oxygens (including phenoxy) is 1. The fraction of sp³-hybridized carbons (Fsp3) is 0.375. The van der Waals surface area contributed by atoms with Crippen molar-refractivity contribution in [2.45, 2.75) is 20.0 Å². The molecule has 0 aliphatic carbocycles. The summed E-state index contributed by atoms with van der Waals surface area (Å²) >= 11 is 0. The molecule has 0 radical (unpaired) electrons. The first-order chi connectivity index (χ1) is 6.13. The van der Waals surface area contributed by atoms with E-state index in [9.17, 15) is 4.79 Å². The molecule has 0 aromatic carbocycles. The highest BCUT2D eigenvalue weighted by Crippen LogP contribution is 2.03. The van der Waals surface area contributed by atoms with Gasteiger partial charge in [-0.05, 0) is 6.92 Å². The second kappa shape index (κ2) is 3.72. The Kier molecular flexibility index (Phi) is 2.65. The van der Waals surface area contributed by atoms with Crippen LogP contribution in [0, 0.1) is 18.3 Å². The summed E-state index contributed by atoms with van der Waals surface area (Å²) in [5.41, 5.74) is 0.0830. The highest BCUT2D eigenvalue weighted by atomic mass is 16.5. The molecule has 13 heavy (non-hydrogen) atoms. The van der Waals surface area contributed by atoms with Crippen LogP contribution in [0.4, 0.5) is 0 Å². The normalized spacial score (nSPS) is 11.8. The van der Waals surface area contributed by atoms with Gasteiger partial charge in [0.1, 0.15) is 12.3 Å². The maximum absolute atomic E-state index is 11.1. The lowest BCUT2D eigenvalue weighted by Crippen LogP contribution is -2.13. The van der Waals surface area contributed by atoms with Crippen molar-refractivity contribution in [3.05, 3.63) is 17.8 Å². The molecule has 68 valence electrons. The van der Waals surface area contributed by atoms with Crippen molar-refractivity contribution in [1.29, 1.82) is 5.26 Å². The number of hydrogen-bond acceptors (Lipinski definition) is 5. The Hall–Kier alpha value is -1.83. The summed E-state index contributed by atoms with van der Waals surface area (Å²) in [6.45, 7) is 3.09. The molecule has 0 aliphatic heterocycles. The van der Waals surface area contributed by atoms with Gasteiger partial charge in [-0.25, -0.2) is 9.78 Å². The molecule has 5 nitrogen and oxygen atoms in total. The summed E-state index contributed by atoms with van der Waals surface area (Å²) in [7, 11) is 0. The maximum Gasteiger partial charge on any atom is 0.361 e. The van der Waals surface area contributed by atoms with Crippen molar-refractivity contribution < 1.29 is 13.9 Å². The number of hydrogen-bond donors (Lipinski definition) is 0. The lowest BCUT2D eigenvalue weighted by atomic mass is 10.4. The lowest BCUT2D eigenvalue weighted by molar-refractivity contribution is 0.0428. The van der Waals surface area contributed by atoms with Gasteiger partial charge in [0.25, 0.3) is 0 Å². The third-order valence-electron chi connectivity index (χ3n) is 1.29. The molecule has 5 heteroatoms. The van der Waals surface area contributed by atoms with Crippen LogP contribution >= 0.6 is 0 Å². The van der Waals surface area contributed by atoms with Gasteiger partial charge >= 0.3 is 5.97 Å². The standard InChI is InChI=1S/C8H8N2O3/c1-5(3-9)13-8(11)7-4-12-6(2)10-7/h4-5H,1-2H3. The van der Waals surface area contributed by atoms with Crippen LogP contribution in [0.5, 0.6) is 0 Å². The summed E-state index contributed by atoms with van der Waals surface area (Å²) in [6.07, 6.45) is 0.423. The SMILES string of the molecule is Cc1nc(C(=O)OC(C)C#N)co1. The van der Waals surface area contributed by atoms with E-state index in [1.165, 1.54) is 13.2 Å². The van der Waals surface area contributed by atoms with Crippen molar-refractivity contribution in [1.82, 2.24) is 4.98 Å². The van der Waals surface area contributed by atoms with Crippen molar-refractivity contribution in [2.24, 2.45) is 0 Å².